The van der Waals surface area contributed by atoms with E-state index in [4.69, 9.17) is 9.47 Å². The van der Waals surface area contributed by atoms with Gasteiger partial charge in [0, 0.05) is 48.9 Å². The van der Waals surface area contributed by atoms with Gasteiger partial charge in [0.25, 0.3) is 0 Å². The van der Waals surface area contributed by atoms with Crippen molar-refractivity contribution in [2.45, 2.75) is 9.79 Å². The molecule has 24 heteroatoms. The summed E-state index contributed by atoms with van der Waals surface area (Å²) in [5.74, 6) is 1.91. The maximum Gasteiger partial charge on any atom is 1.00 e. The van der Waals surface area contributed by atoms with Gasteiger partial charge >= 0.3 is 59.1 Å². The van der Waals surface area contributed by atoms with Crippen LogP contribution in [-0.4, -0.2) is 108 Å². The molecule has 2 fully saturated rings. The van der Waals surface area contributed by atoms with Gasteiger partial charge in [-0.1, -0.05) is 73.8 Å². The summed E-state index contributed by atoms with van der Waals surface area (Å²) in [6.07, 6.45) is 2.63. The monoisotopic (exact) mass is 952 g/mol. The first kappa shape index (κ1) is 51.9. The number of benzene rings is 4. The van der Waals surface area contributed by atoms with Crippen molar-refractivity contribution in [3.05, 3.63) is 121 Å². The third kappa shape index (κ3) is 14.5. The van der Waals surface area contributed by atoms with Gasteiger partial charge in [0.2, 0.25) is 35.7 Å². The number of rotatable bonds is 14. The van der Waals surface area contributed by atoms with Crippen molar-refractivity contribution in [1.82, 2.24) is 29.9 Å². The fourth-order valence-electron chi connectivity index (χ4n) is 6.32. The molecule has 0 spiro atoms. The third-order valence-corrected chi connectivity index (χ3v) is 11.2. The largest absolute Gasteiger partial charge is 1.00 e. The molecule has 0 amide bonds. The maximum atomic E-state index is 11.6. The van der Waals surface area contributed by atoms with Crippen LogP contribution in [0.3, 0.4) is 0 Å². The van der Waals surface area contributed by atoms with Gasteiger partial charge in [0.15, 0.2) is 0 Å². The predicted molar refractivity (Wildman–Crippen MR) is 241 cm³/mol. The van der Waals surface area contributed by atoms with Gasteiger partial charge in [-0.15, -0.1) is 0 Å². The van der Waals surface area contributed by atoms with Gasteiger partial charge in [-0.3, -0.25) is 0 Å². The van der Waals surface area contributed by atoms with Crippen molar-refractivity contribution in [1.29, 1.82) is 0 Å². The zero-order chi connectivity index (χ0) is 45.1. The molecule has 0 unspecified atom stereocenters. The molecule has 6 aromatic rings. The minimum Gasteiger partial charge on any atom is -0.744 e. The fourth-order valence-corrected chi connectivity index (χ4v) is 7.74. The maximum absolute atomic E-state index is 11.6. The average molecular weight is 953 g/mol. The van der Waals surface area contributed by atoms with Crippen molar-refractivity contribution in [3.8, 4) is 0 Å². The van der Waals surface area contributed by atoms with Crippen LogP contribution in [0.1, 0.15) is 11.1 Å². The molecule has 4 heterocycles. The molecule has 20 nitrogen and oxygen atoms in total. The van der Waals surface area contributed by atoms with E-state index in [-0.39, 0.29) is 91.9 Å². The number of hydrogen-bond acceptors (Lipinski definition) is 20. The van der Waals surface area contributed by atoms with Crippen molar-refractivity contribution in [2.75, 3.05) is 83.7 Å². The number of nitrogens with one attached hydrogen (secondary N) is 4. The Morgan fingerprint density at radius 3 is 1.11 bits per heavy atom. The summed E-state index contributed by atoms with van der Waals surface area (Å²) in [6.45, 7) is 11.8. The molecular weight excluding hydrogens is 911 g/mol. The number of nitrogens with zero attached hydrogens (tertiary/aromatic N) is 8. The molecule has 0 saturated carbocycles. The number of para-hydroxylation sites is 2. The van der Waals surface area contributed by atoms with E-state index in [2.05, 4.69) is 64.3 Å². The first-order valence-corrected chi connectivity index (χ1v) is 22.5. The van der Waals surface area contributed by atoms with Crippen LogP contribution in [0.4, 0.5) is 58.4 Å². The summed E-state index contributed by atoms with van der Waals surface area (Å²) in [5.41, 5.74) is 2.73. The summed E-state index contributed by atoms with van der Waals surface area (Å²) in [5, 5.41) is 12.2. The first-order chi connectivity index (χ1) is 30.8. The molecule has 0 radical (unpaired) electrons. The third-order valence-electron chi connectivity index (χ3n) is 9.41. The molecule has 8 rings (SSSR count). The Labute approximate surface area is 426 Å². The number of morpholine rings is 2. The van der Waals surface area contributed by atoms with Crippen LogP contribution in [0.25, 0.3) is 12.2 Å². The van der Waals surface area contributed by atoms with Crippen molar-refractivity contribution in [3.63, 3.8) is 0 Å². The van der Waals surface area contributed by atoms with Gasteiger partial charge in [-0.05, 0) is 59.7 Å². The summed E-state index contributed by atoms with van der Waals surface area (Å²) in [6, 6.07) is 27.6. The van der Waals surface area contributed by atoms with E-state index in [1.54, 1.807) is 12.1 Å². The number of hydrogen-bond donors (Lipinski definition) is 4. The van der Waals surface area contributed by atoms with Crippen molar-refractivity contribution in [2.24, 2.45) is 0 Å². The van der Waals surface area contributed by atoms with Gasteiger partial charge < -0.3 is 49.6 Å². The van der Waals surface area contributed by atoms with E-state index >= 15 is 0 Å². The fraction of sp³-hybridized carbons (Fsp3) is 0.190. The summed E-state index contributed by atoms with van der Waals surface area (Å²) < 4.78 is 80.6. The predicted octanol–water partition coefficient (Wildman–Crippen LogP) is -0.507. The normalized spacial score (nSPS) is 13.7. The topological polar surface area (TPSA) is 265 Å². The second kappa shape index (κ2) is 24.1. The summed E-state index contributed by atoms with van der Waals surface area (Å²) in [4.78, 5) is 30.0. The minimum absolute atomic E-state index is 0. The van der Waals surface area contributed by atoms with E-state index in [1.165, 1.54) is 36.4 Å². The van der Waals surface area contributed by atoms with Crippen molar-refractivity contribution < 1.29 is 94.5 Å². The van der Waals surface area contributed by atoms with Crippen LogP contribution >= 0.6 is 0 Å². The molecule has 2 aliphatic heterocycles. The van der Waals surface area contributed by atoms with E-state index in [1.807, 2.05) is 70.5 Å². The Bertz CT molecular complexity index is 2630. The Morgan fingerprint density at radius 1 is 0.485 bits per heavy atom. The van der Waals surface area contributed by atoms with E-state index in [0.717, 1.165) is 11.4 Å². The molecule has 2 aliphatic rings. The number of anilines is 10. The molecule has 2 aromatic heterocycles. The Kier molecular flexibility index (Phi) is 18.9. The Morgan fingerprint density at radius 2 is 0.803 bits per heavy atom. The van der Waals surface area contributed by atoms with Gasteiger partial charge in [0.1, 0.15) is 20.2 Å². The van der Waals surface area contributed by atoms with E-state index in [9.17, 15) is 25.9 Å². The van der Waals surface area contributed by atoms with Gasteiger partial charge in [-0.2, -0.15) is 29.9 Å². The number of ether oxygens (including phenoxy) is 2. The van der Waals surface area contributed by atoms with Gasteiger partial charge in [0.05, 0.1) is 36.2 Å². The Hall–Kier alpha value is -5.08. The summed E-state index contributed by atoms with van der Waals surface area (Å²) in [7, 11) is -9.37. The zero-order valence-electron chi connectivity index (χ0n) is 36.1. The molecular formula is C42H42N12Na2O8S2. The number of aromatic nitrogens is 6. The second-order valence-electron chi connectivity index (χ2n) is 13.8. The van der Waals surface area contributed by atoms with Crippen LogP contribution in [-0.2, 0) is 29.7 Å². The molecule has 0 aliphatic carbocycles. The van der Waals surface area contributed by atoms with Crippen LogP contribution in [0.15, 0.2) is 120 Å². The average Bonchev–Trinajstić information content (AvgIpc) is 3.30. The molecule has 66 heavy (non-hydrogen) atoms. The summed E-state index contributed by atoms with van der Waals surface area (Å²) >= 11 is 0. The van der Waals surface area contributed by atoms with E-state index in [0.29, 0.717) is 87.8 Å². The van der Waals surface area contributed by atoms with E-state index < -0.39 is 20.2 Å². The Balaban J connectivity index is 0.000000240. The van der Waals surface area contributed by atoms with Crippen LogP contribution in [0.2, 0.25) is 0 Å². The second-order valence-corrected chi connectivity index (χ2v) is 16.5. The molecule has 4 aromatic carbocycles. The molecule has 332 valence electrons. The molecule has 0 bridgehead atoms. The first-order valence-electron chi connectivity index (χ1n) is 19.6. The molecule has 0 atom stereocenters. The molecule has 2 saturated heterocycles. The van der Waals surface area contributed by atoms with Crippen LogP contribution in [0.5, 0.6) is 0 Å². The zero-order valence-corrected chi connectivity index (χ0v) is 41.8. The van der Waals surface area contributed by atoms with Crippen LogP contribution < -0.4 is 90.2 Å². The van der Waals surface area contributed by atoms with Crippen molar-refractivity contribution >= 4 is 90.8 Å². The smallest absolute Gasteiger partial charge is 0.744 e. The SMILES string of the molecule is C=Cc1ccc(Nc2nc(Nc3ccccc3)nc(N3CCOCC3)n2)cc1S(=O)(=O)[O-].C=Cc1ccc(Nc2nc(Nc3ccccc3)nc(N3CCOCC3)n2)cc1S(=O)(=O)[O-].[Na+].[Na+]. The standard InChI is InChI=1S/2C21H22N6O4S.2Na/c2*1-2-15-8-9-17(14-18(15)32(28,29)30)23-20-24-19(22-16-6-4-3-5-7-16)25-21(26-20)27-10-12-31-13-11-27;;/h2*2-9,14H,1,10-13H2,(H,28,29,30)(H2,22,23,24,25,26);;/q;;2*+1/p-2. The van der Waals surface area contributed by atoms with Crippen LogP contribution in [0, 0.1) is 0 Å². The quantitative estimate of drug-likeness (QED) is 0.0792. The van der Waals surface area contributed by atoms with Gasteiger partial charge in [-0.25, -0.2) is 16.8 Å². The molecule has 4 N–H and O–H groups in total. The minimum atomic E-state index is -4.68.